The molecule has 2 unspecified atom stereocenters. The normalized spacial score (nSPS) is 12.3. The van der Waals surface area contributed by atoms with Gasteiger partial charge in [0.1, 0.15) is 0 Å². The Bertz CT molecular complexity index is 1310. The molecular weight excluding hydrogens is 552 g/mol. The van der Waals surface area contributed by atoms with Crippen LogP contribution in [0.4, 0.5) is 5.69 Å². The lowest BCUT2D eigenvalue weighted by Gasteiger charge is -2.24. The number of amides is 2. The van der Waals surface area contributed by atoms with Crippen molar-refractivity contribution in [1.82, 2.24) is 5.32 Å². The molecule has 3 aromatic rings. The number of hydrogen-bond acceptors (Lipinski definition) is 6. The van der Waals surface area contributed by atoms with Crippen molar-refractivity contribution in [2.24, 2.45) is 11.8 Å². The molecule has 3 aromatic carbocycles. The summed E-state index contributed by atoms with van der Waals surface area (Å²) in [6.07, 6.45) is 0.130. The standard InChI is InChI=1S/C33H40N2O6S/c1-22(2)16-26(33(39)35-28(19-32(37)38)25-12-15-29(40-3)30(17-25)41-4)18-31(36)34-27-13-10-24(11-14-27)21-42-20-23-8-6-5-7-9-23/h5-15,17,22,26,28H,16,18-21H2,1-4H3,(H,34,36)(H,35,39)(H,37,38). The van der Waals surface area contributed by atoms with Gasteiger partial charge in [-0.1, -0.05) is 62.4 Å². The Morgan fingerprint density at radius 1 is 0.833 bits per heavy atom. The van der Waals surface area contributed by atoms with E-state index in [1.807, 2.05) is 68.1 Å². The Kier molecular flexibility index (Phi) is 12.7. The highest BCUT2D eigenvalue weighted by atomic mass is 32.2. The van der Waals surface area contributed by atoms with Gasteiger partial charge in [-0.2, -0.15) is 11.8 Å². The van der Waals surface area contributed by atoms with Crippen molar-refractivity contribution in [1.29, 1.82) is 0 Å². The molecule has 2 amide bonds. The van der Waals surface area contributed by atoms with E-state index in [-0.39, 0.29) is 30.6 Å². The number of benzene rings is 3. The molecule has 0 radical (unpaired) electrons. The molecule has 0 aromatic heterocycles. The van der Waals surface area contributed by atoms with E-state index in [4.69, 9.17) is 9.47 Å². The lowest BCUT2D eigenvalue weighted by atomic mass is 9.92. The lowest BCUT2D eigenvalue weighted by molar-refractivity contribution is -0.138. The van der Waals surface area contributed by atoms with E-state index in [1.54, 1.807) is 18.2 Å². The predicted octanol–water partition coefficient (Wildman–Crippen LogP) is 6.46. The number of thioether (sulfide) groups is 1. The maximum atomic E-state index is 13.4. The van der Waals surface area contributed by atoms with Crippen LogP contribution in [0.2, 0.25) is 0 Å². The Labute approximate surface area is 252 Å². The van der Waals surface area contributed by atoms with E-state index in [2.05, 4.69) is 22.8 Å². The van der Waals surface area contributed by atoms with Gasteiger partial charge in [0.05, 0.1) is 26.7 Å². The highest BCUT2D eigenvalue weighted by Crippen LogP contribution is 2.31. The van der Waals surface area contributed by atoms with Crippen LogP contribution in [0.3, 0.4) is 0 Å². The maximum Gasteiger partial charge on any atom is 0.305 e. The van der Waals surface area contributed by atoms with Crippen LogP contribution in [-0.2, 0) is 25.9 Å². The third kappa shape index (κ3) is 10.4. The molecule has 9 heteroatoms. The largest absolute Gasteiger partial charge is 0.493 e. The quantitative estimate of drug-likeness (QED) is 0.175. The van der Waals surface area contributed by atoms with Gasteiger partial charge in [0.2, 0.25) is 11.8 Å². The van der Waals surface area contributed by atoms with Crippen molar-refractivity contribution >= 4 is 35.2 Å². The monoisotopic (exact) mass is 592 g/mol. The van der Waals surface area contributed by atoms with Gasteiger partial charge < -0.3 is 25.2 Å². The smallest absolute Gasteiger partial charge is 0.305 e. The summed E-state index contributed by atoms with van der Waals surface area (Å²) in [6, 6.07) is 22.2. The van der Waals surface area contributed by atoms with Crippen LogP contribution < -0.4 is 20.1 Å². The topological polar surface area (TPSA) is 114 Å². The van der Waals surface area contributed by atoms with Gasteiger partial charge in [-0.3, -0.25) is 14.4 Å². The summed E-state index contributed by atoms with van der Waals surface area (Å²) in [5.41, 5.74) is 3.67. The summed E-state index contributed by atoms with van der Waals surface area (Å²) in [4.78, 5) is 38.1. The number of nitrogens with one attached hydrogen (secondary N) is 2. The molecule has 0 bridgehead atoms. The average molecular weight is 593 g/mol. The first-order valence-corrected chi connectivity index (χ1v) is 15.1. The van der Waals surface area contributed by atoms with Crippen LogP contribution >= 0.6 is 11.8 Å². The molecule has 3 N–H and O–H groups in total. The molecule has 0 saturated carbocycles. The summed E-state index contributed by atoms with van der Waals surface area (Å²) >= 11 is 1.83. The van der Waals surface area contributed by atoms with E-state index >= 15 is 0 Å². The van der Waals surface area contributed by atoms with E-state index in [0.717, 1.165) is 17.1 Å². The number of ether oxygens (including phenoxy) is 2. The molecule has 3 rings (SSSR count). The van der Waals surface area contributed by atoms with Gasteiger partial charge >= 0.3 is 5.97 Å². The van der Waals surface area contributed by atoms with Crippen LogP contribution in [0.15, 0.2) is 72.8 Å². The fraction of sp³-hybridized carbons (Fsp3) is 0.364. The van der Waals surface area contributed by atoms with Crippen molar-refractivity contribution in [2.75, 3.05) is 19.5 Å². The SMILES string of the molecule is COc1ccc(C(CC(=O)O)NC(=O)C(CC(=O)Nc2ccc(CSCc3ccccc3)cc2)CC(C)C)cc1OC. The first-order chi connectivity index (χ1) is 20.2. The number of methoxy groups -OCH3 is 2. The molecule has 0 aliphatic rings. The van der Waals surface area contributed by atoms with Crippen LogP contribution in [0.1, 0.15) is 55.8 Å². The number of carboxylic acid groups (broad SMARTS) is 1. The molecule has 0 saturated heterocycles. The summed E-state index contributed by atoms with van der Waals surface area (Å²) in [6.45, 7) is 3.96. The number of rotatable bonds is 16. The number of carbonyl (C=O) groups excluding carboxylic acids is 2. The maximum absolute atomic E-state index is 13.4. The molecule has 42 heavy (non-hydrogen) atoms. The van der Waals surface area contributed by atoms with Crippen molar-refractivity contribution < 1.29 is 29.0 Å². The van der Waals surface area contributed by atoms with Crippen molar-refractivity contribution in [2.45, 2.75) is 50.7 Å². The van der Waals surface area contributed by atoms with E-state index in [1.165, 1.54) is 19.8 Å². The number of anilines is 1. The summed E-state index contributed by atoms with van der Waals surface area (Å²) in [7, 11) is 3.00. The Balaban J connectivity index is 1.62. The highest BCUT2D eigenvalue weighted by molar-refractivity contribution is 7.97. The molecule has 0 aliphatic carbocycles. The van der Waals surface area contributed by atoms with Gasteiger partial charge in [0.25, 0.3) is 0 Å². The Hall–Kier alpha value is -3.98. The second-order valence-electron chi connectivity index (χ2n) is 10.5. The van der Waals surface area contributed by atoms with Gasteiger partial charge in [0.15, 0.2) is 11.5 Å². The van der Waals surface area contributed by atoms with Crippen LogP contribution in [0, 0.1) is 11.8 Å². The highest BCUT2D eigenvalue weighted by Gasteiger charge is 2.27. The van der Waals surface area contributed by atoms with Crippen molar-refractivity contribution in [3.63, 3.8) is 0 Å². The number of aliphatic carboxylic acids is 1. The molecule has 2 atom stereocenters. The molecule has 0 spiro atoms. The second kappa shape index (κ2) is 16.5. The van der Waals surface area contributed by atoms with E-state index in [0.29, 0.717) is 29.2 Å². The molecule has 0 heterocycles. The second-order valence-corrected chi connectivity index (χ2v) is 11.5. The number of hydrogen-bond donors (Lipinski definition) is 3. The first kappa shape index (κ1) is 32.5. The molecule has 0 fully saturated rings. The van der Waals surface area contributed by atoms with Crippen molar-refractivity contribution in [3.05, 3.63) is 89.5 Å². The Morgan fingerprint density at radius 3 is 2.07 bits per heavy atom. The minimum Gasteiger partial charge on any atom is -0.493 e. The average Bonchev–Trinajstić information content (AvgIpc) is 2.97. The summed E-state index contributed by atoms with van der Waals surface area (Å²) in [5, 5.41) is 15.3. The van der Waals surface area contributed by atoms with Gasteiger partial charge in [-0.05, 0) is 53.3 Å². The minimum atomic E-state index is -1.06. The zero-order valence-electron chi connectivity index (χ0n) is 24.6. The minimum absolute atomic E-state index is 0.0234. The van der Waals surface area contributed by atoms with Gasteiger partial charge in [-0.15, -0.1) is 0 Å². The lowest BCUT2D eigenvalue weighted by Crippen LogP contribution is -2.37. The summed E-state index contributed by atoms with van der Waals surface area (Å²) < 4.78 is 10.6. The van der Waals surface area contributed by atoms with Crippen LogP contribution in [0.5, 0.6) is 11.5 Å². The fourth-order valence-electron chi connectivity index (χ4n) is 4.62. The van der Waals surface area contributed by atoms with E-state index < -0.39 is 17.9 Å². The Morgan fingerprint density at radius 2 is 1.48 bits per heavy atom. The van der Waals surface area contributed by atoms with Gasteiger partial charge in [-0.25, -0.2) is 0 Å². The molecule has 0 aliphatic heterocycles. The van der Waals surface area contributed by atoms with Gasteiger partial charge in [0, 0.05) is 29.5 Å². The molecular formula is C33H40N2O6S. The summed E-state index contributed by atoms with van der Waals surface area (Å²) in [5.74, 6) is 0.530. The van der Waals surface area contributed by atoms with Crippen molar-refractivity contribution in [3.8, 4) is 11.5 Å². The predicted molar refractivity (Wildman–Crippen MR) is 167 cm³/mol. The van der Waals surface area contributed by atoms with Crippen LogP contribution in [-0.4, -0.2) is 37.1 Å². The molecule has 224 valence electrons. The third-order valence-electron chi connectivity index (χ3n) is 6.68. The first-order valence-electron chi connectivity index (χ1n) is 13.9. The number of carbonyl (C=O) groups is 3. The third-order valence-corrected chi connectivity index (χ3v) is 7.76. The zero-order valence-corrected chi connectivity index (χ0v) is 25.4. The zero-order chi connectivity index (χ0) is 30.5. The fourth-order valence-corrected chi connectivity index (χ4v) is 5.58. The van der Waals surface area contributed by atoms with E-state index in [9.17, 15) is 19.5 Å². The number of carboxylic acids is 1. The van der Waals surface area contributed by atoms with Crippen LogP contribution in [0.25, 0.3) is 0 Å². The molecule has 8 nitrogen and oxygen atoms in total.